The summed E-state index contributed by atoms with van der Waals surface area (Å²) < 4.78 is 49.8. The van der Waals surface area contributed by atoms with E-state index in [2.05, 4.69) is 0 Å². The standard InChI is InChI=1S/C9H4ClF4N/c10-8(4-15)6-2-1-5(11)3-7(6)9(12,13)14/h1-3,8H. The lowest BCUT2D eigenvalue weighted by Crippen LogP contribution is -2.10. The minimum Gasteiger partial charge on any atom is -0.207 e. The third-order valence-corrected chi connectivity index (χ3v) is 2.04. The van der Waals surface area contributed by atoms with Gasteiger partial charge in [-0.1, -0.05) is 6.07 Å². The van der Waals surface area contributed by atoms with E-state index in [1.54, 1.807) is 0 Å². The lowest BCUT2D eigenvalue weighted by atomic mass is 10.0. The molecule has 0 aliphatic heterocycles. The minimum atomic E-state index is -4.72. The first-order valence-electron chi connectivity index (χ1n) is 3.76. The zero-order valence-corrected chi connectivity index (χ0v) is 7.90. The Labute approximate surface area is 87.9 Å². The minimum absolute atomic E-state index is 0.321. The van der Waals surface area contributed by atoms with E-state index in [0.717, 1.165) is 12.1 Å². The molecule has 0 aliphatic rings. The molecule has 0 aliphatic carbocycles. The van der Waals surface area contributed by atoms with Gasteiger partial charge in [0.15, 0.2) is 0 Å². The van der Waals surface area contributed by atoms with E-state index in [1.807, 2.05) is 0 Å². The number of benzene rings is 1. The highest BCUT2D eigenvalue weighted by molar-refractivity contribution is 6.22. The van der Waals surface area contributed by atoms with E-state index in [-0.39, 0.29) is 0 Å². The molecule has 0 amide bonds. The van der Waals surface area contributed by atoms with Crippen LogP contribution in [0.5, 0.6) is 0 Å². The monoisotopic (exact) mass is 237 g/mol. The van der Waals surface area contributed by atoms with Crippen LogP contribution in [-0.2, 0) is 6.18 Å². The summed E-state index contributed by atoms with van der Waals surface area (Å²) in [7, 11) is 0. The molecule has 80 valence electrons. The molecule has 0 N–H and O–H groups in total. The van der Waals surface area contributed by atoms with Crippen LogP contribution in [0, 0.1) is 17.1 Å². The van der Waals surface area contributed by atoms with Gasteiger partial charge in [0.05, 0.1) is 11.6 Å². The zero-order chi connectivity index (χ0) is 11.6. The van der Waals surface area contributed by atoms with Crippen molar-refractivity contribution < 1.29 is 17.6 Å². The van der Waals surface area contributed by atoms with Gasteiger partial charge in [0.1, 0.15) is 11.2 Å². The van der Waals surface area contributed by atoms with Crippen molar-refractivity contribution >= 4 is 11.6 Å². The van der Waals surface area contributed by atoms with Gasteiger partial charge in [-0.15, -0.1) is 11.6 Å². The van der Waals surface area contributed by atoms with E-state index in [0.29, 0.717) is 6.07 Å². The van der Waals surface area contributed by atoms with E-state index in [9.17, 15) is 17.6 Å². The highest BCUT2D eigenvalue weighted by Gasteiger charge is 2.35. The fraction of sp³-hybridized carbons (Fsp3) is 0.222. The van der Waals surface area contributed by atoms with E-state index < -0.39 is 28.5 Å². The maximum absolute atomic E-state index is 12.6. The van der Waals surface area contributed by atoms with Gasteiger partial charge in [0, 0.05) is 0 Å². The van der Waals surface area contributed by atoms with Gasteiger partial charge >= 0.3 is 6.18 Å². The first-order chi connectivity index (χ1) is 6.86. The third-order valence-electron chi connectivity index (χ3n) is 1.71. The van der Waals surface area contributed by atoms with Crippen molar-refractivity contribution in [2.24, 2.45) is 0 Å². The molecule has 1 aromatic rings. The van der Waals surface area contributed by atoms with Gasteiger partial charge < -0.3 is 0 Å². The van der Waals surface area contributed by atoms with Crippen molar-refractivity contribution in [2.75, 3.05) is 0 Å². The van der Waals surface area contributed by atoms with Crippen molar-refractivity contribution in [1.82, 2.24) is 0 Å². The first-order valence-corrected chi connectivity index (χ1v) is 4.20. The molecule has 0 saturated carbocycles. The Hall–Kier alpha value is -1.28. The van der Waals surface area contributed by atoms with Crippen LogP contribution in [-0.4, -0.2) is 0 Å². The summed E-state index contributed by atoms with van der Waals surface area (Å²) in [6.07, 6.45) is -4.72. The van der Waals surface area contributed by atoms with Gasteiger partial charge in [-0.05, 0) is 17.7 Å². The van der Waals surface area contributed by atoms with Gasteiger partial charge in [0.2, 0.25) is 0 Å². The molecule has 0 heterocycles. The van der Waals surface area contributed by atoms with Gasteiger partial charge in [-0.25, -0.2) is 4.39 Å². The molecule has 0 fully saturated rings. The number of rotatable bonds is 1. The Morgan fingerprint density at radius 2 is 1.93 bits per heavy atom. The van der Waals surface area contributed by atoms with Crippen molar-refractivity contribution in [2.45, 2.75) is 11.6 Å². The molecule has 0 spiro atoms. The maximum atomic E-state index is 12.6. The molecule has 1 nitrogen and oxygen atoms in total. The molecule has 1 atom stereocenters. The molecule has 1 unspecified atom stereocenters. The van der Waals surface area contributed by atoms with Crippen molar-refractivity contribution in [3.05, 3.63) is 35.1 Å². The van der Waals surface area contributed by atoms with Gasteiger partial charge in [-0.2, -0.15) is 18.4 Å². The van der Waals surface area contributed by atoms with Crippen LogP contribution in [0.4, 0.5) is 17.6 Å². The fourth-order valence-corrected chi connectivity index (χ4v) is 1.25. The van der Waals surface area contributed by atoms with E-state index in [1.165, 1.54) is 6.07 Å². The summed E-state index contributed by atoms with van der Waals surface area (Å²) in [5.41, 5.74) is -1.66. The molecule has 6 heteroatoms. The highest BCUT2D eigenvalue weighted by atomic mass is 35.5. The third kappa shape index (κ3) is 2.60. The van der Waals surface area contributed by atoms with E-state index >= 15 is 0 Å². The van der Waals surface area contributed by atoms with Crippen molar-refractivity contribution in [1.29, 1.82) is 5.26 Å². The second-order valence-electron chi connectivity index (χ2n) is 2.72. The van der Waals surface area contributed by atoms with Crippen LogP contribution < -0.4 is 0 Å². The molecular formula is C9H4ClF4N. The van der Waals surface area contributed by atoms with Gasteiger partial charge in [-0.3, -0.25) is 0 Å². The predicted octanol–water partition coefficient (Wildman–Crippen LogP) is 3.65. The second kappa shape index (κ2) is 4.07. The molecule has 1 aromatic carbocycles. The highest BCUT2D eigenvalue weighted by Crippen LogP contribution is 2.36. The van der Waals surface area contributed by atoms with Gasteiger partial charge in [0.25, 0.3) is 0 Å². The number of alkyl halides is 4. The molecular weight excluding hydrogens is 234 g/mol. The molecule has 0 bridgehead atoms. The lowest BCUT2D eigenvalue weighted by Gasteiger charge is -2.12. The smallest absolute Gasteiger partial charge is 0.207 e. The SMILES string of the molecule is N#CC(Cl)c1ccc(F)cc1C(F)(F)F. The van der Waals surface area contributed by atoms with E-state index in [4.69, 9.17) is 16.9 Å². The maximum Gasteiger partial charge on any atom is 0.416 e. The summed E-state index contributed by atoms with van der Waals surface area (Å²) in [4.78, 5) is 0. The Kier molecular flexibility index (Phi) is 3.20. The lowest BCUT2D eigenvalue weighted by molar-refractivity contribution is -0.138. The number of halogens is 5. The van der Waals surface area contributed by atoms with Crippen LogP contribution in [0.15, 0.2) is 18.2 Å². The average molecular weight is 238 g/mol. The van der Waals surface area contributed by atoms with Crippen LogP contribution in [0.2, 0.25) is 0 Å². The van der Waals surface area contributed by atoms with Crippen LogP contribution >= 0.6 is 11.6 Å². The molecule has 0 radical (unpaired) electrons. The Bertz CT molecular complexity index is 408. The van der Waals surface area contributed by atoms with Crippen molar-refractivity contribution in [3.8, 4) is 6.07 Å². The summed E-state index contributed by atoms with van der Waals surface area (Å²) in [6, 6.07) is 3.47. The second-order valence-corrected chi connectivity index (χ2v) is 3.16. The normalized spacial score (nSPS) is 13.3. The Balaban J connectivity index is 3.35. The Morgan fingerprint density at radius 1 is 1.33 bits per heavy atom. The predicted molar refractivity (Wildman–Crippen MR) is 45.6 cm³/mol. The summed E-state index contributed by atoms with van der Waals surface area (Å²) in [5, 5.41) is 6.96. The summed E-state index contributed by atoms with van der Waals surface area (Å²) >= 11 is 5.37. The molecule has 1 rings (SSSR count). The topological polar surface area (TPSA) is 23.8 Å². The summed E-state index contributed by atoms with van der Waals surface area (Å²) in [5.74, 6) is -1.02. The number of hydrogen-bond donors (Lipinski definition) is 0. The van der Waals surface area contributed by atoms with Crippen LogP contribution in [0.25, 0.3) is 0 Å². The number of nitriles is 1. The van der Waals surface area contributed by atoms with Crippen LogP contribution in [0.1, 0.15) is 16.5 Å². The van der Waals surface area contributed by atoms with Crippen molar-refractivity contribution in [3.63, 3.8) is 0 Å². The average Bonchev–Trinajstić information content (AvgIpc) is 2.15. The van der Waals surface area contributed by atoms with Crippen LogP contribution in [0.3, 0.4) is 0 Å². The molecule has 0 aromatic heterocycles. The first kappa shape index (κ1) is 11.8. The fourth-order valence-electron chi connectivity index (χ4n) is 1.06. The molecule has 0 saturated heterocycles. The summed E-state index contributed by atoms with van der Waals surface area (Å²) in [6.45, 7) is 0. The quantitative estimate of drug-likeness (QED) is 0.540. The largest absolute Gasteiger partial charge is 0.416 e. The zero-order valence-electron chi connectivity index (χ0n) is 7.15. The Morgan fingerprint density at radius 3 is 2.40 bits per heavy atom. The number of nitrogens with zero attached hydrogens (tertiary/aromatic N) is 1. The molecule has 15 heavy (non-hydrogen) atoms. The number of hydrogen-bond acceptors (Lipinski definition) is 1.